The molecule has 2 nitrogen and oxygen atoms in total. The van der Waals surface area contributed by atoms with E-state index in [1.165, 1.54) is 11.8 Å². The molecule has 0 aliphatic heterocycles. The molecule has 0 spiro atoms. The highest BCUT2D eigenvalue weighted by Gasteiger charge is 1.95. The van der Waals surface area contributed by atoms with E-state index in [1.807, 2.05) is 25.1 Å². The van der Waals surface area contributed by atoms with E-state index in [9.17, 15) is 4.79 Å². The highest BCUT2D eigenvalue weighted by atomic mass is 32.2. The van der Waals surface area contributed by atoms with Crippen molar-refractivity contribution in [1.29, 1.82) is 0 Å². The fraction of sp³-hybridized carbons (Fsp3) is 0.308. The quantitative estimate of drug-likeness (QED) is 0.485. The Kier molecular flexibility index (Phi) is 4.94. The van der Waals surface area contributed by atoms with Crippen LogP contribution in [0.4, 0.5) is 5.69 Å². The third-order valence-electron chi connectivity index (χ3n) is 1.96. The van der Waals surface area contributed by atoms with E-state index in [0.29, 0.717) is 12.1 Å². The van der Waals surface area contributed by atoms with Crippen LogP contribution in [0.2, 0.25) is 0 Å². The lowest BCUT2D eigenvalue weighted by atomic mass is 10.1. The van der Waals surface area contributed by atoms with Crippen molar-refractivity contribution in [3.63, 3.8) is 0 Å². The van der Waals surface area contributed by atoms with Gasteiger partial charge in [-0.2, -0.15) is 0 Å². The van der Waals surface area contributed by atoms with Gasteiger partial charge < -0.3 is 5.73 Å². The van der Waals surface area contributed by atoms with E-state index < -0.39 is 0 Å². The molecule has 1 aromatic carbocycles. The van der Waals surface area contributed by atoms with Gasteiger partial charge in [-0.05, 0) is 24.6 Å². The zero-order valence-electron chi connectivity index (χ0n) is 9.54. The summed E-state index contributed by atoms with van der Waals surface area (Å²) in [4.78, 5) is 10.7. The first-order valence-electron chi connectivity index (χ1n) is 5.08. The number of nitrogens with two attached hydrogens (primary N) is 1. The Morgan fingerprint density at radius 2 is 2.25 bits per heavy atom. The van der Waals surface area contributed by atoms with E-state index in [4.69, 9.17) is 5.73 Å². The van der Waals surface area contributed by atoms with Gasteiger partial charge in [0.2, 0.25) is 0 Å². The number of benzene rings is 1. The van der Waals surface area contributed by atoms with Crippen LogP contribution in [-0.4, -0.2) is 10.9 Å². The maximum atomic E-state index is 10.7. The van der Waals surface area contributed by atoms with Crippen molar-refractivity contribution >= 4 is 22.6 Å². The molecule has 0 unspecified atom stereocenters. The average Bonchev–Trinajstić information content (AvgIpc) is 2.20. The molecule has 0 radical (unpaired) electrons. The molecule has 0 aliphatic carbocycles. The van der Waals surface area contributed by atoms with Crippen LogP contribution in [0.3, 0.4) is 0 Å². The fourth-order valence-corrected chi connectivity index (χ4v) is 1.69. The molecule has 0 amide bonds. The standard InChI is InChI=1S/C13H15NOS/c1-10-6-7-12(13(14)9-10)5-3-4-8-16-11(2)15/h6-7,9H,4,8,14H2,1-2H3. The Morgan fingerprint density at radius 1 is 1.50 bits per heavy atom. The summed E-state index contributed by atoms with van der Waals surface area (Å²) in [5.41, 5.74) is 8.53. The number of carbonyl (C=O) groups excluding carboxylic acids is 1. The second-order valence-electron chi connectivity index (χ2n) is 3.48. The highest BCUT2D eigenvalue weighted by Crippen LogP contribution is 2.12. The van der Waals surface area contributed by atoms with Crippen molar-refractivity contribution in [1.82, 2.24) is 0 Å². The second-order valence-corrected chi connectivity index (χ2v) is 4.75. The van der Waals surface area contributed by atoms with Crippen molar-refractivity contribution in [3.05, 3.63) is 29.3 Å². The molecule has 0 bridgehead atoms. The number of anilines is 1. The number of nitrogen functional groups attached to an aromatic ring is 1. The molecule has 84 valence electrons. The average molecular weight is 233 g/mol. The summed E-state index contributed by atoms with van der Waals surface area (Å²) >= 11 is 1.30. The van der Waals surface area contributed by atoms with Crippen LogP contribution < -0.4 is 5.73 Å². The SMILES string of the molecule is CC(=O)SCCC#Cc1ccc(C)cc1N. The zero-order valence-corrected chi connectivity index (χ0v) is 10.4. The van der Waals surface area contributed by atoms with Crippen molar-refractivity contribution in [2.75, 3.05) is 11.5 Å². The smallest absolute Gasteiger partial charge is 0.185 e. The Bertz CT molecular complexity index is 443. The molecular formula is C13H15NOS. The Labute approximate surface area is 101 Å². The first-order chi connectivity index (χ1) is 7.59. The van der Waals surface area contributed by atoms with Gasteiger partial charge in [-0.3, -0.25) is 4.79 Å². The Hall–Kier alpha value is -1.40. The minimum absolute atomic E-state index is 0.136. The lowest BCUT2D eigenvalue weighted by Gasteiger charge is -1.98. The van der Waals surface area contributed by atoms with Crippen LogP contribution >= 0.6 is 11.8 Å². The van der Waals surface area contributed by atoms with Crippen molar-refractivity contribution in [2.24, 2.45) is 0 Å². The van der Waals surface area contributed by atoms with Crippen LogP contribution in [0.5, 0.6) is 0 Å². The highest BCUT2D eigenvalue weighted by molar-refractivity contribution is 8.13. The van der Waals surface area contributed by atoms with Crippen molar-refractivity contribution in [3.8, 4) is 11.8 Å². The van der Waals surface area contributed by atoms with Gasteiger partial charge in [-0.25, -0.2) is 0 Å². The maximum Gasteiger partial charge on any atom is 0.185 e. The maximum absolute atomic E-state index is 10.7. The van der Waals surface area contributed by atoms with Gasteiger partial charge in [-0.15, -0.1) is 0 Å². The van der Waals surface area contributed by atoms with Crippen LogP contribution in [0.1, 0.15) is 24.5 Å². The monoisotopic (exact) mass is 233 g/mol. The van der Waals surface area contributed by atoms with E-state index in [2.05, 4.69) is 11.8 Å². The molecular weight excluding hydrogens is 218 g/mol. The number of hydrogen-bond donors (Lipinski definition) is 1. The number of hydrogen-bond acceptors (Lipinski definition) is 3. The summed E-state index contributed by atoms with van der Waals surface area (Å²) in [7, 11) is 0. The first kappa shape index (κ1) is 12.7. The number of aryl methyl sites for hydroxylation is 1. The number of rotatable bonds is 2. The number of carbonyl (C=O) groups is 1. The predicted octanol–water partition coefficient (Wildman–Crippen LogP) is 2.60. The first-order valence-corrected chi connectivity index (χ1v) is 6.06. The zero-order chi connectivity index (χ0) is 12.0. The number of thioether (sulfide) groups is 1. The van der Waals surface area contributed by atoms with Gasteiger partial charge in [0, 0.05) is 30.3 Å². The van der Waals surface area contributed by atoms with Gasteiger partial charge in [0.25, 0.3) is 0 Å². The van der Waals surface area contributed by atoms with E-state index in [1.54, 1.807) is 6.92 Å². The lowest BCUT2D eigenvalue weighted by Crippen LogP contribution is -1.90. The predicted molar refractivity (Wildman–Crippen MR) is 70.2 cm³/mol. The summed E-state index contributed by atoms with van der Waals surface area (Å²) in [6.45, 7) is 3.56. The largest absolute Gasteiger partial charge is 0.398 e. The Morgan fingerprint density at radius 3 is 2.88 bits per heavy atom. The fourth-order valence-electron chi connectivity index (χ4n) is 1.20. The molecule has 3 heteroatoms. The summed E-state index contributed by atoms with van der Waals surface area (Å²) in [6, 6.07) is 5.83. The topological polar surface area (TPSA) is 43.1 Å². The molecule has 0 fully saturated rings. The summed E-state index contributed by atoms with van der Waals surface area (Å²) in [5, 5.41) is 0.136. The van der Waals surface area contributed by atoms with Crippen molar-refractivity contribution in [2.45, 2.75) is 20.3 Å². The van der Waals surface area contributed by atoms with Crippen LogP contribution in [0, 0.1) is 18.8 Å². The van der Waals surface area contributed by atoms with Gasteiger partial charge in [0.15, 0.2) is 5.12 Å². The molecule has 0 atom stereocenters. The van der Waals surface area contributed by atoms with Crippen molar-refractivity contribution < 1.29 is 4.79 Å². The van der Waals surface area contributed by atoms with Crippen LogP contribution in [0.25, 0.3) is 0 Å². The Balaban J connectivity index is 2.53. The van der Waals surface area contributed by atoms with Crippen LogP contribution in [0.15, 0.2) is 18.2 Å². The third-order valence-corrected chi connectivity index (χ3v) is 2.78. The molecule has 0 saturated heterocycles. The molecule has 1 rings (SSSR count). The van der Waals surface area contributed by atoms with E-state index in [-0.39, 0.29) is 5.12 Å². The summed E-state index contributed by atoms with van der Waals surface area (Å²) in [5.74, 6) is 6.77. The third kappa shape index (κ3) is 4.41. The molecule has 2 N–H and O–H groups in total. The molecule has 0 aromatic heterocycles. The summed E-state index contributed by atoms with van der Waals surface area (Å²) in [6.07, 6.45) is 0.706. The van der Waals surface area contributed by atoms with Gasteiger partial charge in [0.05, 0.1) is 0 Å². The molecule has 16 heavy (non-hydrogen) atoms. The molecule has 0 heterocycles. The van der Waals surface area contributed by atoms with Crippen LogP contribution in [-0.2, 0) is 4.79 Å². The molecule has 0 saturated carbocycles. The molecule has 1 aromatic rings. The normalized spacial score (nSPS) is 9.38. The van der Waals surface area contributed by atoms with E-state index in [0.717, 1.165) is 16.9 Å². The van der Waals surface area contributed by atoms with Gasteiger partial charge in [0.1, 0.15) is 0 Å². The summed E-state index contributed by atoms with van der Waals surface area (Å²) < 4.78 is 0. The van der Waals surface area contributed by atoms with Gasteiger partial charge >= 0.3 is 0 Å². The van der Waals surface area contributed by atoms with Gasteiger partial charge in [-0.1, -0.05) is 29.7 Å². The molecule has 0 aliphatic rings. The minimum atomic E-state index is 0.136. The minimum Gasteiger partial charge on any atom is -0.398 e. The second kappa shape index (κ2) is 6.24. The van der Waals surface area contributed by atoms with E-state index >= 15 is 0 Å². The lowest BCUT2D eigenvalue weighted by molar-refractivity contribution is -0.109.